The van der Waals surface area contributed by atoms with Crippen LogP contribution >= 0.6 is 0 Å². The van der Waals surface area contributed by atoms with Crippen molar-refractivity contribution in [3.8, 4) is 17.2 Å². The zero-order valence-electron chi connectivity index (χ0n) is 14.3. The minimum atomic E-state index is -0.167. The smallest absolute Gasteiger partial charge is 0.164 e. The summed E-state index contributed by atoms with van der Waals surface area (Å²) >= 11 is 0. The molecule has 24 heavy (non-hydrogen) atoms. The highest BCUT2D eigenvalue weighted by Crippen LogP contribution is 2.38. The third-order valence-electron chi connectivity index (χ3n) is 3.87. The van der Waals surface area contributed by atoms with Gasteiger partial charge in [-0.05, 0) is 31.0 Å². The molecule has 5 heteroatoms. The Kier molecular flexibility index (Phi) is 6.90. The topological polar surface area (TPSA) is 79.7 Å². The molecule has 0 heterocycles. The molecular weight excluding hydrogens is 304 g/mol. The molecule has 0 aromatic heterocycles. The van der Waals surface area contributed by atoms with Gasteiger partial charge in [-0.1, -0.05) is 30.3 Å². The molecule has 0 fully saturated rings. The molecular formula is C19H26N2O3. The highest BCUT2D eigenvalue weighted by Gasteiger charge is 2.17. The van der Waals surface area contributed by atoms with E-state index in [1.807, 2.05) is 42.5 Å². The van der Waals surface area contributed by atoms with E-state index in [9.17, 15) is 0 Å². The van der Waals surface area contributed by atoms with E-state index in [0.717, 1.165) is 24.0 Å². The monoisotopic (exact) mass is 330 g/mol. The normalized spacial score (nSPS) is 11.8. The van der Waals surface area contributed by atoms with Crippen molar-refractivity contribution in [2.45, 2.75) is 25.5 Å². The van der Waals surface area contributed by atoms with E-state index in [0.29, 0.717) is 30.4 Å². The lowest BCUT2D eigenvalue weighted by Crippen LogP contribution is -2.14. The van der Waals surface area contributed by atoms with Gasteiger partial charge in [0.15, 0.2) is 11.5 Å². The second-order valence-electron chi connectivity index (χ2n) is 5.56. The van der Waals surface area contributed by atoms with E-state index in [1.54, 1.807) is 14.2 Å². The summed E-state index contributed by atoms with van der Waals surface area (Å²) in [6.45, 7) is 1.08. The zero-order chi connectivity index (χ0) is 17.4. The fourth-order valence-electron chi connectivity index (χ4n) is 2.52. The van der Waals surface area contributed by atoms with Gasteiger partial charge in [0.2, 0.25) is 0 Å². The number of methoxy groups -OCH3 is 2. The van der Waals surface area contributed by atoms with Crippen LogP contribution in [-0.2, 0) is 6.61 Å². The Morgan fingerprint density at radius 2 is 1.62 bits per heavy atom. The van der Waals surface area contributed by atoms with E-state index >= 15 is 0 Å². The minimum Gasteiger partial charge on any atom is -0.493 e. The number of rotatable bonds is 9. The van der Waals surface area contributed by atoms with Crippen LogP contribution in [0.15, 0.2) is 42.5 Å². The summed E-state index contributed by atoms with van der Waals surface area (Å²) in [5, 5.41) is 0. The van der Waals surface area contributed by atoms with Crippen LogP contribution in [0.5, 0.6) is 17.2 Å². The van der Waals surface area contributed by atoms with Crippen LogP contribution in [0.2, 0.25) is 0 Å². The molecule has 0 bridgehead atoms. The molecule has 2 aromatic carbocycles. The van der Waals surface area contributed by atoms with Crippen LogP contribution in [0.3, 0.4) is 0 Å². The molecule has 0 saturated heterocycles. The standard InChI is InChI=1S/C19H26N2O3/c1-22-18-11-15(16(21)9-6-10-20)17(12-19(18)23-2)24-13-14-7-4-3-5-8-14/h3-5,7-8,11-12,16H,6,9-10,13,20-21H2,1-2H3/t16-/m1/s1. The lowest BCUT2D eigenvalue weighted by Gasteiger charge is -2.20. The molecule has 0 aliphatic heterocycles. The summed E-state index contributed by atoms with van der Waals surface area (Å²) in [4.78, 5) is 0. The number of hydrogen-bond acceptors (Lipinski definition) is 5. The van der Waals surface area contributed by atoms with Crippen LogP contribution in [0.25, 0.3) is 0 Å². The Labute approximate surface area is 143 Å². The summed E-state index contributed by atoms with van der Waals surface area (Å²) in [7, 11) is 3.21. The first-order chi connectivity index (χ1) is 11.7. The highest BCUT2D eigenvalue weighted by atomic mass is 16.5. The largest absolute Gasteiger partial charge is 0.493 e. The molecule has 0 unspecified atom stereocenters. The van der Waals surface area contributed by atoms with Gasteiger partial charge in [0.1, 0.15) is 12.4 Å². The second kappa shape index (κ2) is 9.15. The molecule has 4 N–H and O–H groups in total. The van der Waals surface area contributed by atoms with E-state index in [-0.39, 0.29) is 6.04 Å². The van der Waals surface area contributed by atoms with Crippen LogP contribution in [0, 0.1) is 0 Å². The predicted molar refractivity (Wildman–Crippen MR) is 95.5 cm³/mol. The first-order valence-corrected chi connectivity index (χ1v) is 8.07. The van der Waals surface area contributed by atoms with Gasteiger partial charge >= 0.3 is 0 Å². The lowest BCUT2D eigenvalue weighted by atomic mass is 10.0. The fourth-order valence-corrected chi connectivity index (χ4v) is 2.52. The maximum Gasteiger partial charge on any atom is 0.164 e. The van der Waals surface area contributed by atoms with E-state index < -0.39 is 0 Å². The van der Waals surface area contributed by atoms with E-state index in [4.69, 9.17) is 25.7 Å². The Morgan fingerprint density at radius 3 is 2.25 bits per heavy atom. The molecule has 2 rings (SSSR count). The van der Waals surface area contributed by atoms with Gasteiger partial charge in [-0.2, -0.15) is 0 Å². The van der Waals surface area contributed by atoms with Gasteiger partial charge in [-0.25, -0.2) is 0 Å². The fraction of sp³-hybridized carbons (Fsp3) is 0.368. The van der Waals surface area contributed by atoms with Crippen LogP contribution in [-0.4, -0.2) is 20.8 Å². The molecule has 1 atom stereocenters. The van der Waals surface area contributed by atoms with Crippen molar-refractivity contribution in [1.82, 2.24) is 0 Å². The zero-order valence-corrected chi connectivity index (χ0v) is 14.3. The van der Waals surface area contributed by atoms with Crippen molar-refractivity contribution in [2.75, 3.05) is 20.8 Å². The summed E-state index contributed by atoms with van der Waals surface area (Å²) in [6.07, 6.45) is 1.64. The molecule has 5 nitrogen and oxygen atoms in total. The van der Waals surface area contributed by atoms with Gasteiger partial charge in [-0.3, -0.25) is 0 Å². The van der Waals surface area contributed by atoms with Gasteiger partial charge in [0.25, 0.3) is 0 Å². The third kappa shape index (κ3) is 4.63. The third-order valence-corrected chi connectivity index (χ3v) is 3.87. The van der Waals surface area contributed by atoms with Gasteiger partial charge in [0, 0.05) is 17.7 Å². The summed E-state index contributed by atoms with van der Waals surface area (Å²) in [6, 6.07) is 13.6. The Bertz CT molecular complexity index is 632. The molecule has 0 aliphatic carbocycles. The summed E-state index contributed by atoms with van der Waals surface area (Å²) in [5.74, 6) is 1.97. The number of hydrogen-bond donors (Lipinski definition) is 2. The minimum absolute atomic E-state index is 0.167. The predicted octanol–water partition coefficient (Wildman–Crippen LogP) is 3.02. The molecule has 0 saturated carbocycles. The molecule has 2 aromatic rings. The average molecular weight is 330 g/mol. The first-order valence-electron chi connectivity index (χ1n) is 8.07. The van der Waals surface area contributed by atoms with Crippen LogP contribution in [0.4, 0.5) is 0 Å². The van der Waals surface area contributed by atoms with Gasteiger partial charge in [-0.15, -0.1) is 0 Å². The second-order valence-corrected chi connectivity index (χ2v) is 5.56. The molecule has 0 amide bonds. The number of ether oxygens (including phenoxy) is 3. The number of benzene rings is 2. The van der Waals surface area contributed by atoms with Crippen molar-refractivity contribution >= 4 is 0 Å². The Hall–Kier alpha value is -2.24. The van der Waals surface area contributed by atoms with Gasteiger partial charge < -0.3 is 25.7 Å². The lowest BCUT2D eigenvalue weighted by molar-refractivity contribution is 0.294. The number of nitrogens with two attached hydrogens (primary N) is 2. The van der Waals surface area contributed by atoms with Crippen LogP contribution in [0.1, 0.15) is 30.0 Å². The van der Waals surface area contributed by atoms with E-state index in [1.165, 1.54) is 0 Å². The van der Waals surface area contributed by atoms with Gasteiger partial charge in [0.05, 0.1) is 14.2 Å². The summed E-state index contributed by atoms with van der Waals surface area (Å²) < 4.78 is 16.8. The quantitative estimate of drug-likeness (QED) is 0.739. The molecule has 0 spiro atoms. The highest BCUT2D eigenvalue weighted by molar-refractivity contribution is 5.51. The maximum atomic E-state index is 6.33. The first kappa shape index (κ1) is 18.1. The Morgan fingerprint density at radius 1 is 0.958 bits per heavy atom. The van der Waals surface area contributed by atoms with Crippen LogP contribution < -0.4 is 25.7 Å². The Balaban J connectivity index is 2.27. The molecule has 0 aliphatic rings. The van der Waals surface area contributed by atoms with Crippen molar-refractivity contribution in [1.29, 1.82) is 0 Å². The van der Waals surface area contributed by atoms with Crippen molar-refractivity contribution in [3.63, 3.8) is 0 Å². The molecule has 130 valence electrons. The van der Waals surface area contributed by atoms with Crippen molar-refractivity contribution in [2.24, 2.45) is 11.5 Å². The average Bonchev–Trinajstić information content (AvgIpc) is 2.64. The van der Waals surface area contributed by atoms with Crippen molar-refractivity contribution < 1.29 is 14.2 Å². The molecule has 0 radical (unpaired) electrons. The van der Waals surface area contributed by atoms with E-state index in [2.05, 4.69) is 0 Å². The SMILES string of the molecule is COc1cc(OCc2ccccc2)c([C@H](N)CCCN)cc1OC. The van der Waals surface area contributed by atoms with Crippen molar-refractivity contribution in [3.05, 3.63) is 53.6 Å². The maximum absolute atomic E-state index is 6.33. The summed E-state index contributed by atoms with van der Waals surface area (Å²) in [5.41, 5.74) is 13.9.